The molecule has 1 aromatic heterocycles. The number of carbonyl (C=O) groups is 2. The van der Waals surface area contributed by atoms with Crippen LogP contribution in [0.5, 0.6) is 0 Å². The second-order valence-electron chi connectivity index (χ2n) is 5.73. The third-order valence-electron chi connectivity index (χ3n) is 4.16. The molecule has 1 fully saturated rings. The summed E-state index contributed by atoms with van der Waals surface area (Å²) in [6.45, 7) is 4.45. The number of hydrogen-bond acceptors (Lipinski definition) is 5. The Morgan fingerprint density at radius 2 is 2.08 bits per heavy atom. The number of aryl methyl sites for hydroxylation is 2. The molecule has 0 aliphatic carbocycles. The van der Waals surface area contributed by atoms with E-state index in [1.807, 2.05) is 31.2 Å². The van der Waals surface area contributed by atoms with Crippen LogP contribution in [0.15, 0.2) is 24.3 Å². The number of hydrogen-bond donors (Lipinski definition) is 1. The molecule has 0 radical (unpaired) electrons. The summed E-state index contributed by atoms with van der Waals surface area (Å²) < 4.78 is 0. The van der Waals surface area contributed by atoms with Crippen LogP contribution in [0.4, 0.5) is 10.8 Å². The van der Waals surface area contributed by atoms with Gasteiger partial charge in [0.25, 0.3) is 0 Å². The minimum Gasteiger partial charge on any atom is -0.311 e. The quantitative estimate of drug-likeness (QED) is 0.905. The topological polar surface area (TPSA) is 75.2 Å². The van der Waals surface area contributed by atoms with E-state index in [-0.39, 0.29) is 24.2 Å². The molecule has 1 saturated heterocycles. The van der Waals surface area contributed by atoms with Crippen LogP contribution in [0, 0.1) is 5.92 Å². The molecule has 1 atom stereocenters. The van der Waals surface area contributed by atoms with Crippen LogP contribution in [-0.2, 0) is 22.4 Å². The Morgan fingerprint density at radius 1 is 1.29 bits per heavy atom. The molecule has 0 bridgehead atoms. The monoisotopic (exact) mass is 344 g/mol. The minimum atomic E-state index is -0.364. The Kier molecular flexibility index (Phi) is 4.89. The van der Waals surface area contributed by atoms with Crippen molar-refractivity contribution in [3.8, 4) is 0 Å². The first kappa shape index (κ1) is 16.6. The Bertz CT molecular complexity index is 759. The zero-order valence-corrected chi connectivity index (χ0v) is 14.6. The van der Waals surface area contributed by atoms with Crippen LogP contribution >= 0.6 is 11.3 Å². The number of carbonyl (C=O) groups excluding carboxylic acids is 2. The standard InChI is InChI=1S/C17H20N4O2S/c1-3-11-7-5-6-8-13(11)21-10-12(9-15(21)22)16(23)18-17-20-19-14(4-2)24-17/h5-8,12H,3-4,9-10H2,1-2H3,(H,18,20,23)/t12-/m1/s1. The van der Waals surface area contributed by atoms with Crippen molar-refractivity contribution in [2.75, 3.05) is 16.8 Å². The smallest absolute Gasteiger partial charge is 0.231 e. The van der Waals surface area contributed by atoms with Gasteiger partial charge in [0.15, 0.2) is 0 Å². The van der Waals surface area contributed by atoms with Crippen molar-refractivity contribution in [3.05, 3.63) is 34.8 Å². The van der Waals surface area contributed by atoms with Crippen LogP contribution in [0.2, 0.25) is 0 Å². The van der Waals surface area contributed by atoms with E-state index in [1.54, 1.807) is 4.90 Å². The SMILES string of the molecule is CCc1nnc(NC(=O)[C@@H]2CC(=O)N(c3ccccc3CC)C2)s1. The third-order valence-corrected chi connectivity index (χ3v) is 5.14. The molecular formula is C17H20N4O2S. The lowest BCUT2D eigenvalue weighted by atomic mass is 10.1. The number of rotatable bonds is 5. The first-order valence-electron chi connectivity index (χ1n) is 8.13. The highest BCUT2D eigenvalue weighted by Crippen LogP contribution is 2.29. The van der Waals surface area contributed by atoms with Crippen LogP contribution in [-0.4, -0.2) is 28.6 Å². The number of anilines is 2. The zero-order chi connectivity index (χ0) is 17.1. The number of benzene rings is 1. The maximum Gasteiger partial charge on any atom is 0.231 e. The van der Waals surface area contributed by atoms with Gasteiger partial charge in [0.2, 0.25) is 16.9 Å². The van der Waals surface area contributed by atoms with Crippen molar-refractivity contribution in [2.45, 2.75) is 33.1 Å². The molecule has 1 N–H and O–H groups in total. The highest BCUT2D eigenvalue weighted by Gasteiger charge is 2.36. The summed E-state index contributed by atoms with van der Waals surface area (Å²) in [5.41, 5.74) is 2.02. The molecule has 7 heteroatoms. The van der Waals surface area contributed by atoms with Crippen molar-refractivity contribution in [1.82, 2.24) is 10.2 Å². The molecular weight excluding hydrogens is 324 g/mol. The van der Waals surface area contributed by atoms with Crippen molar-refractivity contribution >= 4 is 34.0 Å². The average Bonchev–Trinajstić information content (AvgIpc) is 3.21. The van der Waals surface area contributed by atoms with Crippen molar-refractivity contribution in [3.63, 3.8) is 0 Å². The number of para-hydroxylation sites is 1. The van der Waals surface area contributed by atoms with E-state index in [0.717, 1.165) is 29.1 Å². The Morgan fingerprint density at radius 3 is 2.79 bits per heavy atom. The fraction of sp³-hybridized carbons (Fsp3) is 0.412. The predicted octanol–water partition coefficient (Wildman–Crippen LogP) is 2.65. The van der Waals surface area contributed by atoms with Gasteiger partial charge in [-0.1, -0.05) is 43.4 Å². The Hall–Kier alpha value is -2.28. The highest BCUT2D eigenvalue weighted by molar-refractivity contribution is 7.15. The molecule has 2 amide bonds. The molecule has 2 aromatic rings. The Balaban J connectivity index is 1.71. The lowest BCUT2D eigenvalue weighted by molar-refractivity contribution is -0.122. The van der Waals surface area contributed by atoms with Crippen LogP contribution in [0.1, 0.15) is 30.8 Å². The summed E-state index contributed by atoms with van der Waals surface area (Å²) in [5, 5.41) is 12.1. The van der Waals surface area contributed by atoms with Crippen LogP contribution in [0.25, 0.3) is 0 Å². The zero-order valence-electron chi connectivity index (χ0n) is 13.8. The molecule has 0 spiro atoms. The molecule has 0 unspecified atom stereocenters. The van der Waals surface area contributed by atoms with E-state index in [2.05, 4.69) is 22.4 Å². The van der Waals surface area contributed by atoms with Gasteiger partial charge in [-0.15, -0.1) is 10.2 Å². The van der Waals surface area contributed by atoms with Gasteiger partial charge >= 0.3 is 0 Å². The molecule has 1 aliphatic rings. The van der Waals surface area contributed by atoms with Crippen molar-refractivity contribution in [1.29, 1.82) is 0 Å². The maximum atomic E-state index is 12.4. The first-order valence-corrected chi connectivity index (χ1v) is 8.95. The van der Waals surface area contributed by atoms with E-state index in [0.29, 0.717) is 11.7 Å². The van der Waals surface area contributed by atoms with Gasteiger partial charge in [0, 0.05) is 18.7 Å². The lowest BCUT2D eigenvalue weighted by Gasteiger charge is -2.19. The van der Waals surface area contributed by atoms with Gasteiger partial charge in [-0.2, -0.15) is 0 Å². The van der Waals surface area contributed by atoms with Gasteiger partial charge in [0.05, 0.1) is 5.92 Å². The predicted molar refractivity (Wildman–Crippen MR) is 94.2 cm³/mol. The van der Waals surface area contributed by atoms with E-state index in [9.17, 15) is 9.59 Å². The minimum absolute atomic E-state index is 0.0115. The molecule has 0 saturated carbocycles. The summed E-state index contributed by atoms with van der Waals surface area (Å²) in [6, 6.07) is 7.84. The van der Waals surface area contributed by atoms with Gasteiger partial charge in [-0.3, -0.25) is 9.59 Å². The normalized spacial score (nSPS) is 17.3. The molecule has 126 valence electrons. The van der Waals surface area contributed by atoms with Crippen LogP contribution < -0.4 is 10.2 Å². The second-order valence-corrected chi connectivity index (χ2v) is 6.79. The number of amides is 2. The number of aromatic nitrogens is 2. The average molecular weight is 344 g/mol. The summed E-state index contributed by atoms with van der Waals surface area (Å²) >= 11 is 1.37. The van der Waals surface area contributed by atoms with Gasteiger partial charge in [-0.25, -0.2) is 0 Å². The second kappa shape index (κ2) is 7.09. The number of nitrogens with one attached hydrogen (secondary N) is 1. The fourth-order valence-electron chi connectivity index (χ4n) is 2.84. The number of nitrogens with zero attached hydrogens (tertiary/aromatic N) is 3. The van der Waals surface area contributed by atoms with Gasteiger partial charge < -0.3 is 10.2 Å². The van der Waals surface area contributed by atoms with E-state index in [4.69, 9.17) is 0 Å². The largest absolute Gasteiger partial charge is 0.311 e. The molecule has 24 heavy (non-hydrogen) atoms. The molecule has 1 aromatic carbocycles. The van der Waals surface area contributed by atoms with Crippen LogP contribution in [0.3, 0.4) is 0 Å². The van der Waals surface area contributed by atoms with E-state index < -0.39 is 0 Å². The summed E-state index contributed by atoms with van der Waals surface area (Å²) in [6.07, 6.45) is 1.86. The molecule has 3 rings (SSSR count). The molecule has 1 aliphatic heterocycles. The lowest BCUT2D eigenvalue weighted by Crippen LogP contribution is -2.28. The fourth-order valence-corrected chi connectivity index (χ4v) is 3.53. The highest BCUT2D eigenvalue weighted by atomic mass is 32.1. The van der Waals surface area contributed by atoms with Gasteiger partial charge in [0.1, 0.15) is 5.01 Å². The van der Waals surface area contributed by atoms with Crippen molar-refractivity contribution < 1.29 is 9.59 Å². The molecule has 2 heterocycles. The van der Waals surface area contributed by atoms with Gasteiger partial charge in [-0.05, 0) is 24.5 Å². The summed E-state index contributed by atoms with van der Waals surface area (Å²) in [7, 11) is 0. The van der Waals surface area contributed by atoms with E-state index >= 15 is 0 Å². The summed E-state index contributed by atoms with van der Waals surface area (Å²) in [5.74, 6) is -0.544. The first-order chi connectivity index (χ1) is 11.6. The maximum absolute atomic E-state index is 12.4. The summed E-state index contributed by atoms with van der Waals surface area (Å²) in [4.78, 5) is 26.5. The molecule has 6 nitrogen and oxygen atoms in total. The third kappa shape index (κ3) is 3.31. The van der Waals surface area contributed by atoms with Crippen molar-refractivity contribution in [2.24, 2.45) is 5.92 Å². The Labute approximate surface area is 144 Å². The van der Waals surface area contributed by atoms with E-state index in [1.165, 1.54) is 11.3 Å².